The Balaban J connectivity index is 1.69. The van der Waals surface area contributed by atoms with Gasteiger partial charge in [0.2, 0.25) is 5.91 Å². The molecule has 0 radical (unpaired) electrons. The van der Waals surface area contributed by atoms with E-state index in [0.29, 0.717) is 23.7 Å². The summed E-state index contributed by atoms with van der Waals surface area (Å²) in [5, 5.41) is 6.93. The second-order valence-electron chi connectivity index (χ2n) is 6.14. The molecule has 1 atom stereocenters. The Hall–Kier alpha value is -3.06. The number of hydrogen-bond donors (Lipinski definition) is 2. The van der Waals surface area contributed by atoms with E-state index in [-0.39, 0.29) is 11.8 Å². The molecule has 3 aromatic rings. The van der Waals surface area contributed by atoms with Gasteiger partial charge in [-0.15, -0.1) is 0 Å². The molecule has 1 aliphatic heterocycles. The fourth-order valence-electron chi connectivity index (χ4n) is 3.16. The molecule has 6 nitrogen and oxygen atoms in total. The second-order valence-corrected chi connectivity index (χ2v) is 7.17. The molecule has 0 spiro atoms. The number of hydrogen-bond acceptors (Lipinski definition) is 6. The summed E-state index contributed by atoms with van der Waals surface area (Å²) in [4.78, 5) is 17.8. The second kappa shape index (κ2) is 7.28. The lowest BCUT2D eigenvalue weighted by Gasteiger charge is -2.22. The summed E-state index contributed by atoms with van der Waals surface area (Å²) in [5.41, 5.74) is 1.95. The number of amides is 1. The molecular formula is C20H19N3O3S. The lowest BCUT2D eigenvalue weighted by atomic mass is 9.91. The standard InChI is InChI=1S/C20H19N3O3S/c1-25-15-9-8-12(10-16(15)26-2)14-11-17(24)22-19-18(14)27-20(23-19)21-13-6-4-3-5-7-13/h3-10,14H,11H2,1-2H3,(H,21,23)(H,22,24). The Kier molecular flexibility index (Phi) is 4.68. The maximum atomic E-state index is 12.2. The van der Waals surface area contributed by atoms with Crippen LogP contribution >= 0.6 is 11.3 Å². The number of fused-ring (bicyclic) bond motifs is 1. The maximum Gasteiger partial charge on any atom is 0.226 e. The van der Waals surface area contributed by atoms with Gasteiger partial charge in [0, 0.05) is 18.0 Å². The van der Waals surface area contributed by atoms with Gasteiger partial charge < -0.3 is 20.1 Å². The van der Waals surface area contributed by atoms with Crippen molar-refractivity contribution in [2.45, 2.75) is 12.3 Å². The van der Waals surface area contributed by atoms with Crippen molar-refractivity contribution in [3.8, 4) is 11.5 Å². The SMILES string of the molecule is COc1ccc(C2CC(=O)Nc3nc(Nc4ccccc4)sc32)cc1OC. The Morgan fingerprint density at radius 3 is 2.63 bits per heavy atom. The van der Waals surface area contributed by atoms with Gasteiger partial charge in [-0.05, 0) is 29.8 Å². The Labute approximate surface area is 161 Å². The minimum Gasteiger partial charge on any atom is -0.493 e. The van der Waals surface area contributed by atoms with E-state index in [4.69, 9.17) is 9.47 Å². The number of carbonyl (C=O) groups is 1. The lowest BCUT2D eigenvalue weighted by Crippen LogP contribution is -2.22. The summed E-state index contributed by atoms with van der Waals surface area (Å²) >= 11 is 1.55. The summed E-state index contributed by atoms with van der Waals surface area (Å²) < 4.78 is 10.7. The zero-order valence-electron chi connectivity index (χ0n) is 15.0. The van der Waals surface area contributed by atoms with Crippen molar-refractivity contribution < 1.29 is 14.3 Å². The molecule has 0 fully saturated rings. The smallest absolute Gasteiger partial charge is 0.226 e. The van der Waals surface area contributed by atoms with E-state index < -0.39 is 0 Å². The van der Waals surface area contributed by atoms with Crippen LogP contribution in [0.5, 0.6) is 11.5 Å². The Morgan fingerprint density at radius 2 is 1.89 bits per heavy atom. The zero-order chi connectivity index (χ0) is 18.8. The van der Waals surface area contributed by atoms with E-state index in [9.17, 15) is 4.79 Å². The third-order valence-corrected chi connectivity index (χ3v) is 5.54. The van der Waals surface area contributed by atoms with Crippen molar-refractivity contribution in [3.05, 3.63) is 59.0 Å². The van der Waals surface area contributed by atoms with Gasteiger partial charge in [-0.3, -0.25) is 4.79 Å². The number of nitrogens with zero attached hydrogens (tertiary/aromatic N) is 1. The number of nitrogens with one attached hydrogen (secondary N) is 2. The first-order chi connectivity index (χ1) is 13.2. The number of benzene rings is 2. The first-order valence-electron chi connectivity index (χ1n) is 8.52. The number of anilines is 3. The van der Waals surface area contributed by atoms with E-state index in [2.05, 4.69) is 15.6 Å². The minimum atomic E-state index is -0.0719. The molecule has 0 saturated carbocycles. The van der Waals surface area contributed by atoms with E-state index in [0.717, 1.165) is 21.3 Å². The van der Waals surface area contributed by atoms with Gasteiger partial charge in [0.1, 0.15) is 5.82 Å². The number of para-hydroxylation sites is 1. The third-order valence-electron chi connectivity index (χ3n) is 4.45. The van der Waals surface area contributed by atoms with E-state index >= 15 is 0 Å². The number of carbonyl (C=O) groups excluding carboxylic acids is 1. The van der Waals surface area contributed by atoms with E-state index in [1.54, 1.807) is 25.6 Å². The quantitative estimate of drug-likeness (QED) is 0.686. The van der Waals surface area contributed by atoms with Crippen LogP contribution in [0.2, 0.25) is 0 Å². The molecule has 2 heterocycles. The van der Waals surface area contributed by atoms with Crippen LogP contribution in [-0.2, 0) is 4.79 Å². The minimum absolute atomic E-state index is 0.0427. The number of aromatic nitrogens is 1. The van der Waals surface area contributed by atoms with Crippen LogP contribution in [0.4, 0.5) is 16.6 Å². The van der Waals surface area contributed by atoms with Gasteiger partial charge in [-0.1, -0.05) is 35.6 Å². The van der Waals surface area contributed by atoms with Gasteiger partial charge in [0.15, 0.2) is 16.6 Å². The summed E-state index contributed by atoms with van der Waals surface area (Å²) in [6, 6.07) is 15.6. The predicted octanol–water partition coefficient (Wildman–Crippen LogP) is 4.38. The van der Waals surface area contributed by atoms with Gasteiger partial charge in [-0.25, -0.2) is 4.98 Å². The average molecular weight is 381 g/mol. The summed E-state index contributed by atoms with van der Waals surface area (Å²) in [7, 11) is 3.21. The molecule has 0 saturated heterocycles. The molecule has 0 aliphatic carbocycles. The van der Waals surface area contributed by atoms with Crippen molar-refractivity contribution in [2.75, 3.05) is 24.9 Å². The highest BCUT2D eigenvalue weighted by Gasteiger charge is 2.31. The van der Waals surface area contributed by atoms with Crippen molar-refractivity contribution in [3.63, 3.8) is 0 Å². The van der Waals surface area contributed by atoms with Crippen molar-refractivity contribution >= 4 is 33.9 Å². The van der Waals surface area contributed by atoms with Gasteiger partial charge in [0.25, 0.3) is 0 Å². The van der Waals surface area contributed by atoms with Crippen LogP contribution in [0.3, 0.4) is 0 Å². The van der Waals surface area contributed by atoms with Crippen molar-refractivity contribution in [2.24, 2.45) is 0 Å². The van der Waals surface area contributed by atoms with Gasteiger partial charge >= 0.3 is 0 Å². The number of ether oxygens (including phenoxy) is 2. The lowest BCUT2D eigenvalue weighted by molar-refractivity contribution is -0.116. The molecule has 7 heteroatoms. The molecule has 2 N–H and O–H groups in total. The molecule has 0 bridgehead atoms. The van der Waals surface area contributed by atoms with Crippen LogP contribution in [0.1, 0.15) is 22.8 Å². The first-order valence-corrected chi connectivity index (χ1v) is 9.34. The summed E-state index contributed by atoms with van der Waals surface area (Å²) in [6.45, 7) is 0. The van der Waals surface area contributed by atoms with Gasteiger partial charge in [0.05, 0.1) is 19.1 Å². The summed E-state index contributed by atoms with van der Waals surface area (Å²) in [6.07, 6.45) is 0.370. The highest BCUT2D eigenvalue weighted by atomic mass is 32.1. The van der Waals surface area contributed by atoms with Gasteiger partial charge in [-0.2, -0.15) is 0 Å². The number of methoxy groups -OCH3 is 2. The normalized spacial score (nSPS) is 15.6. The van der Waals surface area contributed by atoms with Crippen LogP contribution in [0.25, 0.3) is 0 Å². The molecule has 1 unspecified atom stereocenters. The van der Waals surface area contributed by atoms with Crippen molar-refractivity contribution in [1.82, 2.24) is 4.98 Å². The summed E-state index contributed by atoms with van der Waals surface area (Å²) in [5.74, 6) is 1.82. The van der Waals surface area contributed by atoms with Crippen LogP contribution < -0.4 is 20.1 Å². The van der Waals surface area contributed by atoms with Crippen LogP contribution in [0, 0.1) is 0 Å². The molecule has 138 valence electrons. The first kappa shape index (κ1) is 17.4. The largest absolute Gasteiger partial charge is 0.493 e. The van der Waals surface area contributed by atoms with Crippen LogP contribution in [-0.4, -0.2) is 25.1 Å². The molecule has 27 heavy (non-hydrogen) atoms. The molecule has 4 rings (SSSR count). The molecule has 1 aliphatic rings. The average Bonchev–Trinajstić information content (AvgIpc) is 3.09. The molecule has 2 aromatic carbocycles. The molecule has 1 aromatic heterocycles. The topological polar surface area (TPSA) is 72.5 Å². The third kappa shape index (κ3) is 3.46. The predicted molar refractivity (Wildman–Crippen MR) is 106 cm³/mol. The fraction of sp³-hybridized carbons (Fsp3) is 0.200. The molecular weight excluding hydrogens is 362 g/mol. The highest BCUT2D eigenvalue weighted by Crippen LogP contribution is 2.44. The fourth-order valence-corrected chi connectivity index (χ4v) is 4.23. The van der Waals surface area contributed by atoms with Crippen molar-refractivity contribution in [1.29, 1.82) is 0 Å². The highest BCUT2D eigenvalue weighted by molar-refractivity contribution is 7.16. The number of thiazole rings is 1. The van der Waals surface area contributed by atoms with E-state index in [1.807, 2.05) is 48.5 Å². The Bertz CT molecular complexity index is 972. The monoisotopic (exact) mass is 381 g/mol. The zero-order valence-corrected chi connectivity index (χ0v) is 15.8. The van der Waals surface area contributed by atoms with Crippen LogP contribution in [0.15, 0.2) is 48.5 Å². The molecule has 1 amide bonds. The number of rotatable bonds is 5. The maximum absolute atomic E-state index is 12.2. The van der Waals surface area contributed by atoms with E-state index in [1.165, 1.54) is 0 Å². The Morgan fingerprint density at radius 1 is 1.11 bits per heavy atom.